The fourth-order valence-electron chi connectivity index (χ4n) is 4.34. The molecular weight excluding hydrogens is 286 g/mol. The van der Waals surface area contributed by atoms with Crippen molar-refractivity contribution in [2.75, 3.05) is 13.1 Å². The fraction of sp³-hybridized carbons (Fsp3) is 0.579. The van der Waals surface area contributed by atoms with Crippen LogP contribution in [0.25, 0.3) is 10.9 Å². The van der Waals surface area contributed by atoms with Crippen LogP contribution in [0.2, 0.25) is 0 Å². The van der Waals surface area contributed by atoms with Crippen LogP contribution in [0.1, 0.15) is 45.1 Å². The minimum absolute atomic E-state index is 0.256. The number of rotatable bonds is 2. The molecule has 0 N–H and O–H groups in total. The summed E-state index contributed by atoms with van der Waals surface area (Å²) in [5, 5.41) is 5.75. The first-order chi connectivity index (χ1) is 11.2. The second kappa shape index (κ2) is 5.99. The second-order valence-corrected chi connectivity index (χ2v) is 7.34. The maximum atomic E-state index is 12.8. The van der Waals surface area contributed by atoms with Gasteiger partial charge in [-0.15, -0.1) is 0 Å². The Labute approximate surface area is 137 Å². The monoisotopic (exact) mass is 311 g/mol. The van der Waals surface area contributed by atoms with Crippen LogP contribution >= 0.6 is 0 Å². The lowest BCUT2D eigenvalue weighted by atomic mass is 9.82. The van der Waals surface area contributed by atoms with Gasteiger partial charge in [0, 0.05) is 24.4 Å². The number of fused-ring (bicyclic) bond motifs is 1. The van der Waals surface area contributed by atoms with Gasteiger partial charge in [-0.1, -0.05) is 38.0 Å². The van der Waals surface area contributed by atoms with Gasteiger partial charge in [0.05, 0.1) is 17.8 Å². The van der Waals surface area contributed by atoms with E-state index in [1.807, 2.05) is 12.3 Å². The minimum Gasteiger partial charge on any atom is -0.340 e. The largest absolute Gasteiger partial charge is 0.340 e. The van der Waals surface area contributed by atoms with Crippen LogP contribution in [-0.2, 0) is 4.79 Å². The van der Waals surface area contributed by atoms with Gasteiger partial charge in [-0.2, -0.15) is 5.10 Å². The highest BCUT2D eigenvalue weighted by atomic mass is 16.2. The summed E-state index contributed by atoms with van der Waals surface area (Å²) in [7, 11) is 0. The van der Waals surface area contributed by atoms with E-state index in [4.69, 9.17) is 0 Å². The minimum atomic E-state index is 0.256. The number of aromatic nitrogens is 2. The molecule has 1 aliphatic carbocycles. The van der Waals surface area contributed by atoms with E-state index in [9.17, 15) is 4.79 Å². The predicted molar refractivity (Wildman–Crippen MR) is 91.1 cm³/mol. The Kier molecular flexibility index (Phi) is 3.83. The molecule has 0 bridgehead atoms. The number of hydrogen-bond donors (Lipinski definition) is 0. The normalized spacial score (nSPS) is 28.4. The quantitative estimate of drug-likeness (QED) is 0.849. The zero-order valence-electron chi connectivity index (χ0n) is 13.8. The van der Waals surface area contributed by atoms with E-state index in [-0.39, 0.29) is 5.92 Å². The number of amides is 1. The van der Waals surface area contributed by atoms with Gasteiger partial charge in [-0.3, -0.25) is 9.48 Å². The van der Waals surface area contributed by atoms with Crippen molar-refractivity contribution in [1.82, 2.24) is 14.7 Å². The highest BCUT2D eigenvalue weighted by Gasteiger charge is 2.34. The fourth-order valence-corrected chi connectivity index (χ4v) is 4.34. The van der Waals surface area contributed by atoms with Gasteiger partial charge >= 0.3 is 0 Å². The van der Waals surface area contributed by atoms with Crippen LogP contribution in [-0.4, -0.2) is 33.7 Å². The summed E-state index contributed by atoms with van der Waals surface area (Å²) in [4.78, 5) is 14.9. The van der Waals surface area contributed by atoms with Gasteiger partial charge in [0.25, 0.3) is 0 Å². The molecule has 0 radical (unpaired) electrons. The Hall–Kier alpha value is -1.84. The van der Waals surface area contributed by atoms with Crippen molar-refractivity contribution in [3.05, 3.63) is 30.5 Å². The molecule has 1 saturated heterocycles. The summed E-state index contributed by atoms with van der Waals surface area (Å²) in [5.41, 5.74) is 1.18. The van der Waals surface area contributed by atoms with Crippen LogP contribution in [0.5, 0.6) is 0 Å². The van der Waals surface area contributed by atoms with E-state index in [0.29, 0.717) is 17.9 Å². The molecule has 23 heavy (non-hydrogen) atoms. The number of benzene rings is 1. The average Bonchev–Trinajstić information content (AvgIpc) is 3.20. The Morgan fingerprint density at radius 3 is 2.96 bits per heavy atom. The van der Waals surface area contributed by atoms with Gasteiger partial charge in [0.15, 0.2) is 0 Å². The van der Waals surface area contributed by atoms with Gasteiger partial charge in [-0.05, 0) is 31.2 Å². The summed E-state index contributed by atoms with van der Waals surface area (Å²) in [6, 6.07) is 8.64. The van der Waals surface area contributed by atoms with Crippen molar-refractivity contribution in [3.8, 4) is 0 Å². The van der Waals surface area contributed by atoms with Gasteiger partial charge in [-0.25, -0.2) is 0 Å². The smallest absolute Gasteiger partial charge is 0.225 e. The molecule has 1 saturated carbocycles. The number of nitrogens with zero attached hydrogens (tertiary/aromatic N) is 3. The molecule has 4 nitrogen and oxygen atoms in total. The first kappa shape index (κ1) is 14.7. The van der Waals surface area contributed by atoms with Gasteiger partial charge in [0.2, 0.25) is 5.91 Å². The first-order valence-electron chi connectivity index (χ1n) is 8.93. The van der Waals surface area contributed by atoms with E-state index in [2.05, 4.69) is 39.8 Å². The third-order valence-corrected chi connectivity index (χ3v) is 5.61. The highest BCUT2D eigenvalue weighted by Crippen LogP contribution is 2.32. The lowest BCUT2D eigenvalue weighted by Crippen LogP contribution is -2.36. The molecule has 1 aliphatic heterocycles. The molecule has 1 aromatic heterocycles. The molecule has 4 rings (SSSR count). The molecule has 1 amide bonds. The van der Waals surface area contributed by atoms with Crippen LogP contribution in [0.15, 0.2) is 30.5 Å². The zero-order chi connectivity index (χ0) is 15.8. The highest BCUT2D eigenvalue weighted by molar-refractivity contribution is 5.80. The number of carbonyl (C=O) groups is 1. The molecule has 0 spiro atoms. The summed E-state index contributed by atoms with van der Waals surface area (Å²) in [6.45, 7) is 3.97. The third-order valence-electron chi connectivity index (χ3n) is 5.61. The molecule has 122 valence electrons. The summed E-state index contributed by atoms with van der Waals surface area (Å²) < 4.78 is 2.12. The Morgan fingerprint density at radius 2 is 2.09 bits per heavy atom. The van der Waals surface area contributed by atoms with Crippen molar-refractivity contribution in [3.63, 3.8) is 0 Å². The van der Waals surface area contributed by atoms with Gasteiger partial charge < -0.3 is 4.90 Å². The SMILES string of the molecule is CC1CCCC(C(=O)N2CCC(n3ncc4ccccc43)C2)C1. The van der Waals surface area contributed by atoms with Crippen LogP contribution in [0.4, 0.5) is 0 Å². The first-order valence-corrected chi connectivity index (χ1v) is 8.93. The van der Waals surface area contributed by atoms with Crippen molar-refractivity contribution in [1.29, 1.82) is 0 Å². The van der Waals surface area contributed by atoms with E-state index in [1.165, 1.54) is 23.7 Å². The number of hydrogen-bond acceptors (Lipinski definition) is 2. The summed E-state index contributed by atoms with van der Waals surface area (Å²) in [5.74, 6) is 1.34. The molecule has 2 aromatic rings. The molecule has 3 atom stereocenters. The van der Waals surface area contributed by atoms with Gasteiger partial charge in [0.1, 0.15) is 0 Å². The van der Waals surface area contributed by atoms with Crippen molar-refractivity contribution in [2.45, 2.75) is 45.1 Å². The zero-order valence-corrected chi connectivity index (χ0v) is 13.8. The average molecular weight is 311 g/mol. The molecular formula is C19H25N3O. The van der Waals surface area contributed by atoms with Crippen molar-refractivity contribution < 1.29 is 4.79 Å². The molecule has 4 heteroatoms. The summed E-state index contributed by atoms with van der Waals surface area (Å²) in [6.07, 6.45) is 7.59. The lowest BCUT2D eigenvalue weighted by Gasteiger charge is -2.29. The summed E-state index contributed by atoms with van der Waals surface area (Å²) >= 11 is 0. The Morgan fingerprint density at radius 1 is 1.22 bits per heavy atom. The second-order valence-electron chi connectivity index (χ2n) is 7.34. The number of carbonyl (C=O) groups excluding carboxylic acids is 1. The maximum absolute atomic E-state index is 12.8. The Bertz CT molecular complexity index is 707. The molecule has 2 heterocycles. The van der Waals surface area contributed by atoms with Crippen molar-refractivity contribution >= 4 is 16.8 Å². The maximum Gasteiger partial charge on any atom is 0.225 e. The topological polar surface area (TPSA) is 38.1 Å². The van der Waals surface area contributed by atoms with Crippen LogP contribution in [0.3, 0.4) is 0 Å². The molecule has 1 aromatic carbocycles. The van der Waals surface area contributed by atoms with E-state index in [1.54, 1.807) is 0 Å². The predicted octanol–water partition coefficient (Wildman–Crippen LogP) is 3.64. The Balaban J connectivity index is 1.47. The molecule has 2 fully saturated rings. The molecule has 3 unspecified atom stereocenters. The standard InChI is InChI=1S/C19H25N3O/c1-14-5-4-7-15(11-14)19(23)21-10-9-17(13-21)22-18-8-3-2-6-16(18)12-20-22/h2-3,6,8,12,14-15,17H,4-5,7,9-11,13H2,1H3. The van der Waals surface area contributed by atoms with Crippen molar-refractivity contribution in [2.24, 2.45) is 11.8 Å². The molecule has 2 aliphatic rings. The lowest BCUT2D eigenvalue weighted by molar-refractivity contribution is -0.136. The third kappa shape index (κ3) is 2.75. The van der Waals surface area contributed by atoms with E-state index < -0.39 is 0 Å². The number of para-hydroxylation sites is 1. The van der Waals surface area contributed by atoms with E-state index in [0.717, 1.165) is 32.4 Å². The van der Waals surface area contributed by atoms with Crippen LogP contribution < -0.4 is 0 Å². The van der Waals surface area contributed by atoms with Crippen LogP contribution in [0, 0.1) is 11.8 Å². The number of likely N-dealkylation sites (tertiary alicyclic amines) is 1. The van der Waals surface area contributed by atoms with E-state index >= 15 is 0 Å².